The molecule has 13 heavy (non-hydrogen) atoms. The summed E-state index contributed by atoms with van der Waals surface area (Å²) < 4.78 is 0. The van der Waals surface area contributed by atoms with E-state index < -0.39 is 0 Å². The summed E-state index contributed by atoms with van der Waals surface area (Å²) in [6.07, 6.45) is 5.69. The maximum absolute atomic E-state index is 3.47. The fraction of sp³-hybridized carbons (Fsp3) is 1.00. The standard InChI is InChI=1S/C11H22N2/c1-10-4-2-5-11(10)13-8-3-6-12-7-9-13/h10-12H,2-9H2,1H3. The van der Waals surface area contributed by atoms with Crippen molar-refractivity contribution in [3.05, 3.63) is 0 Å². The molecule has 0 aromatic rings. The fourth-order valence-electron chi connectivity index (χ4n) is 2.87. The van der Waals surface area contributed by atoms with Crippen molar-refractivity contribution >= 4 is 0 Å². The van der Waals surface area contributed by atoms with Crippen molar-refractivity contribution in [2.45, 2.75) is 38.6 Å². The van der Waals surface area contributed by atoms with E-state index in [0.717, 1.165) is 12.0 Å². The van der Waals surface area contributed by atoms with Gasteiger partial charge in [-0.25, -0.2) is 0 Å². The Bertz CT molecular complexity index is 150. The molecule has 0 aromatic carbocycles. The van der Waals surface area contributed by atoms with Crippen LogP contribution in [0.4, 0.5) is 0 Å². The monoisotopic (exact) mass is 182 g/mol. The van der Waals surface area contributed by atoms with E-state index in [1.54, 1.807) is 0 Å². The quantitative estimate of drug-likeness (QED) is 0.660. The predicted molar refractivity (Wildman–Crippen MR) is 55.9 cm³/mol. The van der Waals surface area contributed by atoms with Crippen molar-refractivity contribution < 1.29 is 0 Å². The molecule has 2 atom stereocenters. The first kappa shape index (κ1) is 9.47. The van der Waals surface area contributed by atoms with Crippen LogP contribution in [0.1, 0.15) is 32.6 Å². The molecule has 2 nitrogen and oxygen atoms in total. The zero-order valence-corrected chi connectivity index (χ0v) is 8.76. The second-order valence-electron chi connectivity index (χ2n) is 4.62. The highest BCUT2D eigenvalue weighted by Gasteiger charge is 2.28. The van der Waals surface area contributed by atoms with Crippen LogP contribution in [-0.2, 0) is 0 Å². The zero-order valence-electron chi connectivity index (χ0n) is 8.76. The Morgan fingerprint density at radius 2 is 2.00 bits per heavy atom. The smallest absolute Gasteiger partial charge is 0.0121 e. The Kier molecular flexibility index (Phi) is 3.23. The van der Waals surface area contributed by atoms with Gasteiger partial charge in [0.2, 0.25) is 0 Å². The summed E-state index contributed by atoms with van der Waals surface area (Å²) in [6, 6.07) is 0.903. The van der Waals surface area contributed by atoms with Crippen molar-refractivity contribution in [2.75, 3.05) is 26.2 Å². The first-order valence-corrected chi connectivity index (χ1v) is 5.82. The highest BCUT2D eigenvalue weighted by molar-refractivity contribution is 4.84. The fourth-order valence-corrected chi connectivity index (χ4v) is 2.87. The molecule has 0 spiro atoms. The third kappa shape index (κ3) is 2.23. The average molecular weight is 182 g/mol. The molecule has 2 unspecified atom stereocenters. The van der Waals surface area contributed by atoms with E-state index in [9.17, 15) is 0 Å². The number of nitrogens with one attached hydrogen (secondary N) is 1. The van der Waals surface area contributed by atoms with Gasteiger partial charge in [-0.05, 0) is 38.3 Å². The molecule has 2 rings (SSSR count). The second kappa shape index (κ2) is 4.43. The molecule has 1 N–H and O–H groups in total. The van der Waals surface area contributed by atoms with Crippen LogP contribution in [0, 0.1) is 5.92 Å². The molecule has 1 saturated heterocycles. The predicted octanol–water partition coefficient (Wildman–Crippen LogP) is 1.47. The van der Waals surface area contributed by atoms with Crippen LogP contribution in [0.2, 0.25) is 0 Å². The molecule has 1 aliphatic heterocycles. The Morgan fingerprint density at radius 1 is 1.08 bits per heavy atom. The third-order valence-corrected chi connectivity index (χ3v) is 3.66. The first-order valence-electron chi connectivity index (χ1n) is 5.82. The van der Waals surface area contributed by atoms with Crippen molar-refractivity contribution in [2.24, 2.45) is 5.92 Å². The Hall–Kier alpha value is -0.0800. The summed E-state index contributed by atoms with van der Waals surface area (Å²) in [6.45, 7) is 7.44. The van der Waals surface area contributed by atoms with E-state index in [1.807, 2.05) is 0 Å². The van der Waals surface area contributed by atoms with Gasteiger partial charge in [-0.15, -0.1) is 0 Å². The molecular formula is C11H22N2. The number of hydrogen-bond acceptors (Lipinski definition) is 2. The van der Waals surface area contributed by atoms with Crippen LogP contribution in [0.3, 0.4) is 0 Å². The largest absolute Gasteiger partial charge is 0.315 e. The molecule has 0 aromatic heterocycles. The van der Waals surface area contributed by atoms with Gasteiger partial charge >= 0.3 is 0 Å². The molecule has 0 radical (unpaired) electrons. The minimum Gasteiger partial charge on any atom is -0.315 e. The van der Waals surface area contributed by atoms with Gasteiger partial charge in [-0.2, -0.15) is 0 Å². The van der Waals surface area contributed by atoms with Gasteiger partial charge in [0.25, 0.3) is 0 Å². The van der Waals surface area contributed by atoms with E-state index in [1.165, 1.54) is 51.9 Å². The summed E-state index contributed by atoms with van der Waals surface area (Å²) in [4.78, 5) is 2.72. The minimum absolute atomic E-state index is 0.903. The van der Waals surface area contributed by atoms with E-state index in [2.05, 4.69) is 17.1 Å². The Labute approximate surface area is 81.7 Å². The number of hydrogen-bond donors (Lipinski definition) is 1. The van der Waals surface area contributed by atoms with Crippen LogP contribution in [0.15, 0.2) is 0 Å². The van der Waals surface area contributed by atoms with E-state index in [4.69, 9.17) is 0 Å². The second-order valence-corrected chi connectivity index (χ2v) is 4.62. The summed E-state index contributed by atoms with van der Waals surface area (Å²) in [5.41, 5.74) is 0. The Balaban J connectivity index is 1.89. The van der Waals surface area contributed by atoms with Crippen LogP contribution in [0.25, 0.3) is 0 Å². The molecule has 1 aliphatic carbocycles. The SMILES string of the molecule is CC1CCCC1N1CCCNCC1. The topological polar surface area (TPSA) is 15.3 Å². The lowest BCUT2D eigenvalue weighted by molar-refractivity contribution is 0.177. The molecule has 0 amide bonds. The minimum atomic E-state index is 0.903. The highest BCUT2D eigenvalue weighted by Crippen LogP contribution is 2.29. The highest BCUT2D eigenvalue weighted by atomic mass is 15.2. The average Bonchev–Trinajstić information content (AvgIpc) is 2.43. The summed E-state index contributed by atoms with van der Waals surface area (Å²) in [5, 5.41) is 3.47. The molecule has 2 aliphatic rings. The van der Waals surface area contributed by atoms with Gasteiger partial charge in [0.05, 0.1) is 0 Å². The van der Waals surface area contributed by atoms with Gasteiger partial charge in [-0.3, -0.25) is 4.90 Å². The normalized spacial score (nSPS) is 37.6. The lowest BCUT2D eigenvalue weighted by atomic mass is 10.0. The zero-order chi connectivity index (χ0) is 9.10. The van der Waals surface area contributed by atoms with Crippen LogP contribution in [0.5, 0.6) is 0 Å². The lowest BCUT2D eigenvalue weighted by Gasteiger charge is -2.30. The summed E-state index contributed by atoms with van der Waals surface area (Å²) in [5.74, 6) is 0.943. The molecular weight excluding hydrogens is 160 g/mol. The van der Waals surface area contributed by atoms with Crippen LogP contribution >= 0.6 is 0 Å². The molecule has 1 heterocycles. The van der Waals surface area contributed by atoms with Gasteiger partial charge in [0, 0.05) is 19.1 Å². The van der Waals surface area contributed by atoms with E-state index in [-0.39, 0.29) is 0 Å². The van der Waals surface area contributed by atoms with Gasteiger partial charge in [0.1, 0.15) is 0 Å². The number of rotatable bonds is 1. The summed E-state index contributed by atoms with van der Waals surface area (Å²) in [7, 11) is 0. The lowest BCUT2D eigenvalue weighted by Crippen LogP contribution is -2.39. The summed E-state index contributed by atoms with van der Waals surface area (Å²) >= 11 is 0. The van der Waals surface area contributed by atoms with E-state index in [0.29, 0.717) is 0 Å². The van der Waals surface area contributed by atoms with Gasteiger partial charge in [0.15, 0.2) is 0 Å². The van der Waals surface area contributed by atoms with Crippen molar-refractivity contribution in [1.29, 1.82) is 0 Å². The van der Waals surface area contributed by atoms with Crippen molar-refractivity contribution in [1.82, 2.24) is 10.2 Å². The van der Waals surface area contributed by atoms with Gasteiger partial charge < -0.3 is 5.32 Å². The maximum Gasteiger partial charge on any atom is 0.0121 e. The Morgan fingerprint density at radius 3 is 2.77 bits per heavy atom. The van der Waals surface area contributed by atoms with Crippen LogP contribution < -0.4 is 5.32 Å². The molecule has 76 valence electrons. The molecule has 2 fully saturated rings. The molecule has 2 heteroatoms. The van der Waals surface area contributed by atoms with Gasteiger partial charge in [-0.1, -0.05) is 13.3 Å². The maximum atomic E-state index is 3.47. The van der Waals surface area contributed by atoms with Crippen molar-refractivity contribution in [3.63, 3.8) is 0 Å². The number of nitrogens with zero attached hydrogens (tertiary/aromatic N) is 1. The first-order chi connectivity index (χ1) is 6.38. The molecule has 0 bridgehead atoms. The van der Waals surface area contributed by atoms with Crippen molar-refractivity contribution in [3.8, 4) is 0 Å². The van der Waals surface area contributed by atoms with Crippen LogP contribution in [-0.4, -0.2) is 37.1 Å². The van der Waals surface area contributed by atoms with E-state index >= 15 is 0 Å². The molecule has 1 saturated carbocycles. The third-order valence-electron chi connectivity index (χ3n) is 3.66.